The number of thioether (sulfide) groups is 1. The molecule has 1 heterocycles. The monoisotopic (exact) mass is 489 g/mol. The average Bonchev–Trinajstić information content (AvgIpc) is 2.79. The van der Waals surface area contributed by atoms with E-state index < -0.39 is 23.8 Å². The summed E-state index contributed by atoms with van der Waals surface area (Å²) >= 11 is 0.685. The molecule has 0 aliphatic carbocycles. The van der Waals surface area contributed by atoms with E-state index in [0.717, 1.165) is 23.6 Å². The third kappa shape index (κ3) is 7.48. The van der Waals surface area contributed by atoms with Crippen molar-refractivity contribution in [1.29, 1.82) is 0 Å². The summed E-state index contributed by atoms with van der Waals surface area (Å²) in [5.41, 5.74) is 2.00. The third-order valence-corrected chi connectivity index (χ3v) is 5.37. The summed E-state index contributed by atoms with van der Waals surface area (Å²) in [6.07, 6.45) is -3.85. The quantitative estimate of drug-likeness (QED) is 0.298. The maximum Gasteiger partial charge on any atom is 0.433 e. The van der Waals surface area contributed by atoms with Crippen molar-refractivity contribution >= 4 is 40.9 Å². The largest absolute Gasteiger partial charge is 0.433 e. The van der Waals surface area contributed by atoms with E-state index in [-0.39, 0.29) is 16.7 Å². The van der Waals surface area contributed by atoms with Crippen molar-refractivity contribution in [2.75, 3.05) is 16.4 Å². The van der Waals surface area contributed by atoms with E-state index in [1.54, 1.807) is 36.4 Å². The first kappa shape index (κ1) is 25.0. The molecule has 0 atom stereocenters. The zero-order valence-corrected chi connectivity index (χ0v) is 19.2. The van der Waals surface area contributed by atoms with Gasteiger partial charge in [-0.05, 0) is 43.2 Å². The van der Waals surface area contributed by atoms with Crippen molar-refractivity contribution in [3.63, 3.8) is 0 Å². The first-order chi connectivity index (χ1) is 16.1. The Hall–Kier alpha value is -3.60. The van der Waals surface area contributed by atoms with Gasteiger partial charge in [0.25, 0.3) is 0 Å². The number of urea groups is 1. The lowest BCUT2D eigenvalue weighted by atomic mass is 10.1. The van der Waals surface area contributed by atoms with Crippen LogP contribution in [0.5, 0.6) is 0 Å². The molecule has 34 heavy (non-hydrogen) atoms. The van der Waals surface area contributed by atoms with Crippen LogP contribution in [-0.4, -0.2) is 27.7 Å². The second-order valence-corrected chi connectivity index (χ2v) is 8.19. The van der Waals surface area contributed by atoms with E-state index in [1.807, 2.05) is 26.0 Å². The second-order valence-electron chi connectivity index (χ2n) is 7.25. The van der Waals surface area contributed by atoms with Crippen molar-refractivity contribution < 1.29 is 22.8 Å². The number of nitrogens with one attached hydrogen (secondary N) is 3. The number of amides is 3. The van der Waals surface area contributed by atoms with Gasteiger partial charge in [-0.25, -0.2) is 14.8 Å². The Kier molecular flexibility index (Phi) is 8.11. The summed E-state index contributed by atoms with van der Waals surface area (Å²) < 4.78 is 39.9. The van der Waals surface area contributed by atoms with E-state index in [4.69, 9.17) is 0 Å². The van der Waals surface area contributed by atoms with Gasteiger partial charge >= 0.3 is 12.2 Å². The van der Waals surface area contributed by atoms with Gasteiger partial charge < -0.3 is 10.6 Å². The van der Waals surface area contributed by atoms with Crippen LogP contribution in [0.4, 0.5) is 35.2 Å². The highest BCUT2D eigenvalue weighted by Gasteiger charge is 2.34. The zero-order valence-electron chi connectivity index (χ0n) is 18.4. The molecule has 3 N–H and O–H groups in total. The number of imide groups is 1. The van der Waals surface area contributed by atoms with Gasteiger partial charge in [0.05, 0.1) is 5.75 Å². The lowest BCUT2D eigenvalue weighted by molar-refractivity contribution is -0.141. The zero-order chi connectivity index (χ0) is 24.7. The molecule has 0 saturated heterocycles. The Morgan fingerprint density at radius 2 is 1.62 bits per heavy atom. The molecular formula is C23H22F3N5O2S. The Morgan fingerprint density at radius 1 is 0.971 bits per heavy atom. The highest BCUT2D eigenvalue weighted by atomic mass is 32.2. The smallest absolute Gasteiger partial charge is 0.340 e. The highest BCUT2D eigenvalue weighted by Crippen LogP contribution is 2.31. The Balaban J connectivity index is 1.63. The van der Waals surface area contributed by atoms with Gasteiger partial charge in [-0.2, -0.15) is 13.2 Å². The van der Waals surface area contributed by atoms with Crippen molar-refractivity contribution in [2.45, 2.75) is 31.6 Å². The summed E-state index contributed by atoms with van der Waals surface area (Å²) in [6.45, 7) is 3.89. The number of alkyl halides is 3. The van der Waals surface area contributed by atoms with Crippen LogP contribution in [-0.2, 0) is 17.4 Å². The highest BCUT2D eigenvalue weighted by molar-refractivity contribution is 7.99. The first-order valence-corrected chi connectivity index (χ1v) is 11.2. The molecule has 7 nitrogen and oxygen atoms in total. The molecule has 3 rings (SSSR count). The average molecular weight is 490 g/mol. The minimum atomic E-state index is -4.70. The van der Waals surface area contributed by atoms with Gasteiger partial charge in [-0.3, -0.25) is 10.1 Å². The minimum absolute atomic E-state index is 0.0673. The van der Waals surface area contributed by atoms with E-state index in [2.05, 4.69) is 25.9 Å². The normalized spacial score (nSPS) is 11.1. The fraction of sp³-hybridized carbons (Fsp3) is 0.217. The van der Waals surface area contributed by atoms with Crippen LogP contribution in [0.15, 0.2) is 59.8 Å². The van der Waals surface area contributed by atoms with Gasteiger partial charge in [-0.1, -0.05) is 48.5 Å². The van der Waals surface area contributed by atoms with Crippen molar-refractivity contribution in [3.8, 4) is 0 Å². The van der Waals surface area contributed by atoms with Crippen molar-refractivity contribution in [1.82, 2.24) is 15.3 Å². The van der Waals surface area contributed by atoms with Gasteiger partial charge in [0.15, 0.2) is 10.9 Å². The van der Waals surface area contributed by atoms with Crippen LogP contribution in [0, 0.1) is 6.92 Å². The molecule has 0 saturated carbocycles. The summed E-state index contributed by atoms with van der Waals surface area (Å²) in [7, 11) is 0. The molecule has 178 valence electrons. The first-order valence-electron chi connectivity index (χ1n) is 10.2. The minimum Gasteiger partial charge on any atom is -0.340 e. The molecular weight excluding hydrogens is 467 g/mol. The number of benzene rings is 2. The predicted octanol–water partition coefficient (Wildman–Crippen LogP) is 5.55. The van der Waals surface area contributed by atoms with Gasteiger partial charge in [0.1, 0.15) is 5.82 Å². The number of rotatable bonds is 7. The molecule has 0 aliphatic heterocycles. The Morgan fingerprint density at radius 3 is 2.24 bits per heavy atom. The number of aromatic nitrogens is 2. The molecule has 0 fully saturated rings. The molecule has 1 aromatic heterocycles. The number of hydrogen-bond acceptors (Lipinski definition) is 6. The predicted molar refractivity (Wildman–Crippen MR) is 125 cm³/mol. The number of hydrogen-bond donors (Lipinski definition) is 3. The third-order valence-electron chi connectivity index (χ3n) is 4.53. The summed E-state index contributed by atoms with van der Waals surface area (Å²) in [6, 6.07) is 14.2. The summed E-state index contributed by atoms with van der Waals surface area (Å²) in [5.74, 6) is -1.13. The molecule has 0 radical (unpaired) electrons. The maximum absolute atomic E-state index is 13.3. The van der Waals surface area contributed by atoms with E-state index in [1.165, 1.54) is 0 Å². The second kappa shape index (κ2) is 11.0. The van der Waals surface area contributed by atoms with Crippen molar-refractivity contribution in [3.05, 3.63) is 71.4 Å². The molecule has 0 bridgehead atoms. The molecule has 0 spiro atoms. The lowest BCUT2D eigenvalue weighted by Crippen LogP contribution is -2.35. The SMILES string of the molecule is CCc1ccc(NC(=O)NC(=O)CSc2nc(Nc3ccc(C)cc3)cc(C(F)(F)F)n2)cc1. The molecule has 3 aromatic rings. The number of nitrogens with zero attached hydrogens (tertiary/aromatic N) is 2. The van der Waals surface area contributed by atoms with Crippen molar-refractivity contribution in [2.24, 2.45) is 0 Å². The molecule has 0 unspecified atom stereocenters. The fourth-order valence-corrected chi connectivity index (χ4v) is 3.42. The van der Waals surface area contributed by atoms with Gasteiger partial charge in [-0.15, -0.1) is 0 Å². The topological polar surface area (TPSA) is 96.0 Å². The molecule has 11 heteroatoms. The van der Waals surface area contributed by atoms with E-state index in [0.29, 0.717) is 23.1 Å². The van der Waals surface area contributed by atoms with E-state index >= 15 is 0 Å². The van der Waals surface area contributed by atoms with Crippen LogP contribution in [0.25, 0.3) is 0 Å². The Labute approximate surface area is 198 Å². The number of carbonyl (C=O) groups is 2. The van der Waals surface area contributed by atoms with E-state index in [9.17, 15) is 22.8 Å². The number of anilines is 3. The van der Waals surface area contributed by atoms with Gasteiger partial charge in [0.2, 0.25) is 5.91 Å². The Bertz CT molecular complexity index is 1150. The molecule has 0 aliphatic rings. The van der Waals surface area contributed by atoms with Crippen LogP contribution in [0.2, 0.25) is 0 Å². The number of carbonyl (C=O) groups excluding carboxylic acids is 2. The van der Waals surface area contributed by atoms with Crippen LogP contribution in [0.3, 0.4) is 0 Å². The number of aryl methyl sites for hydroxylation is 2. The van der Waals surface area contributed by atoms with Crippen LogP contribution < -0.4 is 16.0 Å². The maximum atomic E-state index is 13.3. The standard InChI is InChI=1S/C23H22F3N5O2S/c1-3-15-6-10-17(11-7-15)28-21(33)31-20(32)13-34-22-29-18(23(24,25)26)12-19(30-22)27-16-8-4-14(2)5-9-16/h4-12H,3,13H2,1-2H3,(H,27,29,30)(H2,28,31,32,33). The van der Waals surface area contributed by atoms with Gasteiger partial charge in [0, 0.05) is 17.4 Å². The van der Waals surface area contributed by atoms with Crippen LogP contribution in [0.1, 0.15) is 23.7 Å². The molecule has 3 amide bonds. The molecule has 2 aromatic carbocycles. The summed E-state index contributed by atoms with van der Waals surface area (Å²) in [4.78, 5) is 31.7. The summed E-state index contributed by atoms with van der Waals surface area (Å²) in [5, 5.41) is 7.21. The number of halogens is 3. The fourth-order valence-electron chi connectivity index (χ4n) is 2.76. The van der Waals surface area contributed by atoms with Crippen LogP contribution >= 0.6 is 11.8 Å². The lowest BCUT2D eigenvalue weighted by Gasteiger charge is -2.12.